The maximum absolute atomic E-state index is 12.3. The first kappa shape index (κ1) is 20.0. The molecule has 0 fully saturated rings. The summed E-state index contributed by atoms with van der Waals surface area (Å²) >= 11 is 0. The largest absolute Gasteiger partial charge is 0.493 e. The van der Waals surface area contributed by atoms with Crippen LogP contribution in [-0.2, 0) is 11.2 Å². The molecule has 5 nitrogen and oxygen atoms in total. The van der Waals surface area contributed by atoms with E-state index in [1.807, 2.05) is 66.7 Å². The fourth-order valence-electron chi connectivity index (χ4n) is 3.62. The Hall–Kier alpha value is -3.31. The number of hydrogen-bond acceptors (Lipinski definition) is 4. The number of rotatable bonds is 8. The molecule has 1 aliphatic heterocycles. The molecule has 2 N–H and O–H groups in total. The summed E-state index contributed by atoms with van der Waals surface area (Å²) in [6, 6.07) is 25.7. The Kier molecular flexibility index (Phi) is 6.30. The van der Waals surface area contributed by atoms with Crippen molar-refractivity contribution in [3.8, 4) is 5.75 Å². The molecule has 0 aromatic heterocycles. The number of anilines is 1. The molecule has 30 heavy (non-hydrogen) atoms. The van der Waals surface area contributed by atoms with Crippen LogP contribution in [0.1, 0.15) is 34.1 Å². The van der Waals surface area contributed by atoms with Crippen LogP contribution in [0.15, 0.2) is 78.9 Å². The lowest BCUT2D eigenvalue weighted by atomic mass is 10.1. The zero-order valence-corrected chi connectivity index (χ0v) is 17.0. The van der Waals surface area contributed by atoms with Gasteiger partial charge in [-0.15, -0.1) is 0 Å². The third-order valence-corrected chi connectivity index (χ3v) is 5.31. The van der Waals surface area contributed by atoms with Crippen molar-refractivity contribution in [3.05, 3.63) is 95.6 Å². The molecule has 154 valence electrons. The SMILES string of the molecule is COC(CCOc1ccc(C2NC(=O)c3ccccc3N2)cc1)Cc1ccccc1. The van der Waals surface area contributed by atoms with Crippen LogP contribution in [-0.4, -0.2) is 25.7 Å². The normalized spacial score (nSPS) is 16.2. The number of nitrogens with one attached hydrogen (secondary N) is 2. The van der Waals surface area contributed by atoms with Crippen molar-refractivity contribution in [2.45, 2.75) is 25.1 Å². The van der Waals surface area contributed by atoms with Gasteiger partial charge in [-0.3, -0.25) is 4.79 Å². The van der Waals surface area contributed by atoms with Gasteiger partial charge < -0.3 is 20.1 Å². The molecular formula is C25H26N2O3. The molecule has 1 aliphatic rings. The van der Waals surface area contributed by atoms with Gasteiger partial charge in [-0.05, 0) is 41.8 Å². The van der Waals surface area contributed by atoms with Crippen LogP contribution in [0, 0.1) is 0 Å². The Balaban J connectivity index is 1.30. The minimum Gasteiger partial charge on any atom is -0.493 e. The molecule has 3 aromatic carbocycles. The number of methoxy groups -OCH3 is 1. The van der Waals surface area contributed by atoms with Crippen LogP contribution in [0.2, 0.25) is 0 Å². The molecular weight excluding hydrogens is 376 g/mol. The number of carbonyl (C=O) groups excluding carboxylic acids is 1. The number of fused-ring (bicyclic) bond motifs is 1. The average Bonchev–Trinajstić information content (AvgIpc) is 2.79. The van der Waals surface area contributed by atoms with Crippen molar-refractivity contribution in [2.75, 3.05) is 19.0 Å². The molecule has 0 saturated heterocycles. The van der Waals surface area contributed by atoms with Gasteiger partial charge in [-0.1, -0.05) is 54.6 Å². The Morgan fingerprint density at radius 1 is 0.900 bits per heavy atom. The monoisotopic (exact) mass is 402 g/mol. The van der Waals surface area contributed by atoms with Gasteiger partial charge in [0.25, 0.3) is 5.91 Å². The number of carbonyl (C=O) groups is 1. The second-order valence-electron chi connectivity index (χ2n) is 7.35. The molecule has 0 bridgehead atoms. The van der Waals surface area contributed by atoms with E-state index >= 15 is 0 Å². The minimum absolute atomic E-state index is 0.0706. The molecule has 0 saturated carbocycles. The van der Waals surface area contributed by atoms with Crippen molar-refractivity contribution < 1.29 is 14.3 Å². The molecule has 0 radical (unpaired) electrons. The number of amides is 1. The lowest BCUT2D eigenvalue weighted by Crippen LogP contribution is -2.38. The summed E-state index contributed by atoms with van der Waals surface area (Å²) in [5.41, 5.74) is 3.74. The van der Waals surface area contributed by atoms with E-state index in [-0.39, 0.29) is 18.2 Å². The van der Waals surface area contributed by atoms with Gasteiger partial charge in [0.15, 0.2) is 0 Å². The van der Waals surface area contributed by atoms with Crippen LogP contribution in [0.3, 0.4) is 0 Å². The Morgan fingerprint density at radius 2 is 1.63 bits per heavy atom. The molecule has 2 atom stereocenters. The lowest BCUT2D eigenvalue weighted by molar-refractivity contribution is 0.0815. The molecule has 4 rings (SSSR count). The van der Waals surface area contributed by atoms with Gasteiger partial charge >= 0.3 is 0 Å². The van der Waals surface area contributed by atoms with Gasteiger partial charge in [0.2, 0.25) is 0 Å². The van der Waals surface area contributed by atoms with Crippen LogP contribution in [0.25, 0.3) is 0 Å². The maximum Gasteiger partial charge on any atom is 0.255 e. The summed E-state index contributed by atoms with van der Waals surface area (Å²) in [5, 5.41) is 6.35. The molecule has 1 heterocycles. The van der Waals surface area contributed by atoms with Crippen LogP contribution in [0.5, 0.6) is 5.75 Å². The summed E-state index contributed by atoms with van der Waals surface area (Å²) in [5.74, 6) is 0.731. The van der Waals surface area contributed by atoms with Crippen molar-refractivity contribution >= 4 is 11.6 Å². The summed E-state index contributed by atoms with van der Waals surface area (Å²) < 4.78 is 11.5. The molecule has 2 unspecified atom stereocenters. The average molecular weight is 402 g/mol. The van der Waals surface area contributed by atoms with E-state index in [1.165, 1.54) is 5.56 Å². The smallest absolute Gasteiger partial charge is 0.255 e. The van der Waals surface area contributed by atoms with Crippen molar-refractivity contribution in [1.82, 2.24) is 5.32 Å². The zero-order valence-electron chi connectivity index (χ0n) is 17.0. The quantitative estimate of drug-likeness (QED) is 0.580. The van der Waals surface area contributed by atoms with Crippen molar-refractivity contribution in [2.24, 2.45) is 0 Å². The van der Waals surface area contributed by atoms with E-state index in [9.17, 15) is 4.79 Å². The number of para-hydroxylation sites is 1. The van der Waals surface area contributed by atoms with Crippen LogP contribution < -0.4 is 15.4 Å². The molecule has 5 heteroatoms. The molecule has 1 amide bonds. The lowest BCUT2D eigenvalue weighted by Gasteiger charge is -2.28. The first-order valence-corrected chi connectivity index (χ1v) is 10.2. The Labute approximate surface area is 177 Å². The maximum atomic E-state index is 12.3. The predicted octanol–water partition coefficient (Wildman–Crippen LogP) is 4.57. The second-order valence-corrected chi connectivity index (χ2v) is 7.35. The fourth-order valence-corrected chi connectivity index (χ4v) is 3.62. The molecule has 0 spiro atoms. The number of benzene rings is 3. The topological polar surface area (TPSA) is 59.6 Å². The highest BCUT2D eigenvalue weighted by Crippen LogP contribution is 2.27. The highest BCUT2D eigenvalue weighted by Gasteiger charge is 2.23. The van der Waals surface area contributed by atoms with E-state index in [4.69, 9.17) is 9.47 Å². The molecule has 3 aromatic rings. The van der Waals surface area contributed by atoms with Gasteiger partial charge in [0, 0.05) is 19.2 Å². The van der Waals surface area contributed by atoms with Gasteiger partial charge in [0.05, 0.1) is 18.3 Å². The highest BCUT2D eigenvalue weighted by molar-refractivity contribution is 6.01. The first-order valence-electron chi connectivity index (χ1n) is 10.2. The standard InChI is InChI=1S/C25H26N2O3/c1-29-21(17-18-7-3-2-4-8-18)15-16-30-20-13-11-19(12-14-20)24-26-23-10-6-5-9-22(23)25(28)27-24/h2-14,21,24,26H,15-17H2,1H3,(H,27,28). The Bertz CT molecular complexity index is 973. The van der Waals surface area contributed by atoms with Gasteiger partial charge in [-0.25, -0.2) is 0 Å². The summed E-state index contributed by atoms with van der Waals surface area (Å²) in [7, 11) is 1.74. The predicted molar refractivity (Wildman–Crippen MR) is 118 cm³/mol. The van der Waals surface area contributed by atoms with Crippen LogP contribution >= 0.6 is 0 Å². The van der Waals surface area contributed by atoms with Crippen LogP contribution in [0.4, 0.5) is 5.69 Å². The van der Waals surface area contributed by atoms with Crippen molar-refractivity contribution in [1.29, 1.82) is 0 Å². The van der Waals surface area contributed by atoms with E-state index in [1.54, 1.807) is 7.11 Å². The van der Waals surface area contributed by atoms with E-state index < -0.39 is 0 Å². The third-order valence-electron chi connectivity index (χ3n) is 5.31. The van der Waals surface area contributed by atoms with Gasteiger partial charge in [0.1, 0.15) is 11.9 Å². The van der Waals surface area contributed by atoms with Gasteiger partial charge in [-0.2, -0.15) is 0 Å². The highest BCUT2D eigenvalue weighted by atomic mass is 16.5. The number of hydrogen-bond donors (Lipinski definition) is 2. The summed E-state index contributed by atoms with van der Waals surface area (Å²) in [4.78, 5) is 12.3. The summed E-state index contributed by atoms with van der Waals surface area (Å²) in [6.07, 6.45) is 1.54. The Morgan fingerprint density at radius 3 is 2.40 bits per heavy atom. The second kappa shape index (κ2) is 9.46. The summed E-state index contributed by atoms with van der Waals surface area (Å²) in [6.45, 7) is 0.580. The minimum atomic E-state index is -0.259. The third kappa shape index (κ3) is 4.81. The van der Waals surface area contributed by atoms with Crippen molar-refractivity contribution in [3.63, 3.8) is 0 Å². The first-order chi connectivity index (χ1) is 14.7. The van der Waals surface area contributed by atoms with E-state index in [0.29, 0.717) is 12.2 Å². The van der Waals surface area contributed by atoms with E-state index in [2.05, 4.69) is 22.8 Å². The zero-order chi connectivity index (χ0) is 20.8. The molecule has 0 aliphatic carbocycles. The fraction of sp³-hybridized carbons (Fsp3) is 0.240. The number of ether oxygens (including phenoxy) is 2. The van der Waals surface area contributed by atoms with E-state index in [0.717, 1.165) is 29.8 Å².